The van der Waals surface area contributed by atoms with Crippen molar-refractivity contribution >= 4 is 16.7 Å². The number of nitrogens with zero attached hydrogens (tertiary/aromatic N) is 3. The molecular formula is C24H30N4O2. The van der Waals surface area contributed by atoms with Gasteiger partial charge in [-0.25, -0.2) is 4.68 Å². The van der Waals surface area contributed by atoms with Crippen LogP contribution < -0.4 is 10.9 Å². The number of carbonyl (C=O) groups is 1. The van der Waals surface area contributed by atoms with Gasteiger partial charge in [-0.3, -0.25) is 9.59 Å². The van der Waals surface area contributed by atoms with E-state index in [4.69, 9.17) is 0 Å². The number of aromatic nitrogens is 2. The molecule has 1 heterocycles. The molecule has 0 saturated carbocycles. The van der Waals surface area contributed by atoms with E-state index in [1.807, 2.05) is 34.0 Å². The van der Waals surface area contributed by atoms with Crippen LogP contribution in [0.4, 0.5) is 0 Å². The van der Waals surface area contributed by atoms with Crippen molar-refractivity contribution in [2.45, 2.75) is 39.3 Å². The molecule has 0 saturated heterocycles. The van der Waals surface area contributed by atoms with Crippen LogP contribution in [0.5, 0.6) is 0 Å². The van der Waals surface area contributed by atoms with Gasteiger partial charge in [0.05, 0.1) is 17.5 Å². The largest absolute Gasteiger partial charge is 0.349 e. The van der Waals surface area contributed by atoms with Crippen LogP contribution in [-0.4, -0.2) is 41.2 Å². The van der Waals surface area contributed by atoms with Gasteiger partial charge in [0.25, 0.3) is 11.5 Å². The molecule has 0 aliphatic heterocycles. The van der Waals surface area contributed by atoms with Crippen molar-refractivity contribution in [3.05, 3.63) is 75.7 Å². The van der Waals surface area contributed by atoms with Crippen LogP contribution in [0.15, 0.2) is 53.3 Å². The summed E-state index contributed by atoms with van der Waals surface area (Å²) in [4.78, 5) is 27.9. The molecule has 0 fully saturated rings. The summed E-state index contributed by atoms with van der Waals surface area (Å²) in [5.74, 6) is -0.280. The average Bonchev–Trinajstić information content (AvgIpc) is 2.74. The second-order valence-corrected chi connectivity index (χ2v) is 8.02. The number of hydrogen-bond acceptors (Lipinski definition) is 4. The number of likely N-dealkylation sites (N-methyl/N-ethyl adjacent to an activating group) is 1. The molecule has 1 amide bonds. The first-order chi connectivity index (χ1) is 14.3. The lowest BCUT2D eigenvalue weighted by atomic mass is 10.0. The molecule has 1 aromatic heterocycles. The Bertz CT molecular complexity index is 1080. The van der Waals surface area contributed by atoms with Crippen LogP contribution in [0.1, 0.15) is 54.5 Å². The molecule has 158 valence electrons. The van der Waals surface area contributed by atoms with Crippen molar-refractivity contribution in [2.24, 2.45) is 0 Å². The molecule has 0 radical (unpaired) electrons. The second kappa shape index (κ2) is 9.22. The van der Waals surface area contributed by atoms with Crippen molar-refractivity contribution in [2.75, 3.05) is 20.6 Å². The van der Waals surface area contributed by atoms with Gasteiger partial charge in [0, 0.05) is 11.9 Å². The maximum atomic E-state index is 13.1. The minimum absolute atomic E-state index is 0.0297. The van der Waals surface area contributed by atoms with Crippen LogP contribution in [0.25, 0.3) is 10.8 Å². The third-order valence-corrected chi connectivity index (χ3v) is 5.38. The smallest absolute Gasteiger partial charge is 0.274 e. The number of fused-ring (bicyclic) bond motifs is 1. The first-order valence-corrected chi connectivity index (χ1v) is 10.4. The van der Waals surface area contributed by atoms with E-state index in [2.05, 4.69) is 46.5 Å². The minimum Gasteiger partial charge on any atom is -0.349 e. The molecule has 3 aromatic rings. The number of rotatable bonds is 7. The summed E-state index contributed by atoms with van der Waals surface area (Å²) in [5.41, 5.74) is 2.52. The third kappa shape index (κ3) is 4.44. The van der Waals surface area contributed by atoms with Crippen molar-refractivity contribution in [3.63, 3.8) is 0 Å². The van der Waals surface area contributed by atoms with Gasteiger partial charge < -0.3 is 10.2 Å². The van der Waals surface area contributed by atoms with Crippen molar-refractivity contribution in [1.29, 1.82) is 0 Å². The highest BCUT2D eigenvalue weighted by atomic mass is 16.2. The zero-order valence-corrected chi connectivity index (χ0v) is 18.3. The molecule has 0 spiro atoms. The lowest BCUT2D eigenvalue weighted by Gasteiger charge is -2.25. The fraction of sp³-hybridized carbons (Fsp3) is 0.375. The van der Waals surface area contributed by atoms with Crippen LogP contribution in [0, 0.1) is 0 Å². The lowest BCUT2D eigenvalue weighted by molar-refractivity contribution is 0.0936. The highest BCUT2D eigenvalue weighted by Crippen LogP contribution is 2.19. The SMILES string of the molecule is CCc1ccc(C(CNC(=O)c2nn(C(C)C)c(=O)c3ccccc23)N(C)C)cc1. The Morgan fingerprint density at radius 2 is 1.70 bits per heavy atom. The Morgan fingerprint density at radius 1 is 1.07 bits per heavy atom. The van der Waals surface area contributed by atoms with Gasteiger partial charge in [-0.15, -0.1) is 0 Å². The van der Waals surface area contributed by atoms with E-state index in [0.717, 1.165) is 12.0 Å². The van der Waals surface area contributed by atoms with E-state index in [0.29, 0.717) is 17.3 Å². The molecule has 30 heavy (non-hydrogen) atoms. The fourth-order valence-corrected chi connectivity index (χ4v) is 3.57. The van der Waals surface area contributed by atoms with Crippen molar-refractivity contribution in [3.8, 4) is 0 Å². The minimum atomic E-state index is -0.280. The standard InChI is InChI=1S/C24H30N4O2/c1-6-17-11-13-18(14-12-17)21(27(4)5)15-25-23(29)22-19-9-7-8-10-20(19)24(30)28(26-22)16(2)3/h7-14,16,21H,6,15H2,1-5H3,(H,25,29). The molecule has 2 aromatic carbocycles. The molecule has 0 bridgehead atoms. The van der Waals surface area contributed by atoms with Gasteiger partial charge in [0.2, 0.25) is 0 Å². The Hall–Kier alpha value is -2.99. The molecule has 0 aliphatic rings. The molecular weight excluding hydrogens is 376 g/mol. The summed E-state index contributed by atoms with van der Waals surface area (Å²) >= 11 is 0. The predicted molar refractivity (Wildman–Crippen MR) is 121 cm³/mol. The van der Waals surface area contributed by atoms with Crippen LogP contribution in [-0.2, 0) is 6.42 Å². The van der Waals surface area contributed by atoms with E-state index in [1.165, 1.54) is 10.2 Å². The molecule has 3 rings (SSSR count). The summed E-state index contributed by atoms with van der Waals surface area (Å²) in [7, 11) is 3.99. The van der Waals surface area contributed by atoms with E-state index >= 15 is 0 Å². The molecule has 0 aliphatic carbocycles. The third-order valence-electron chi connectivity index (χ3n) is 5.38. The van der Waals surface area contributed by atoms with Gasteiger partial charge >= 0.3 is 0 Å². The summed E-state index contributed by atoms with van der Waals surface area (Å²) in [6.07, 6.45) is 0.994. The summed E-state index contributed by atoms with van der Waals surface area (Å²) in [5, 5.41) is 8.50. The Labute approximate surface area is 177 Å². The van der Waals surface area contributed by atoms with Crippen LogP contribution in [0.3, 0.4) is 0 Å². The van der Waals surface area contributed by atoms with Gasteiger partial charge in [-0.05, 0) is 51.6 Å². The highest BCUT2D eigenvalue weighted by molar-refractivity contribution is 6.04. The lowest BCUT2D eigenvalue weighted by Crippen LogP contribution is -2.36. The van der Waals surface area contributed by atoms with Gasteiger partial charge in [0.1, 0.15) is 0 Å². The van der Waals surface area contributed by atoms with Crippen LogP contribution >= 0.6 is 0 Å². The van der Waals surface area contributed by atoms with Crippen molar-refractivity contribution in [1.82, 2.24) is 20.0 Å². The zero-order chi connectivity index (χ0) is 21.8. The van der Waals surface area contributed by atoms with Crippen LogP contribution in [0.2, 0.25) is 0 Å². The number of carbonyl (C=O) groups excluding carboxylic acids is 1. The second-order valence-electron chi connectivity index (χ2n) is 8.02. The molecule has 1 N–H and O–H groups in total. The first kappa shape index (κ1) is 21.7. The summed E-state index contributed by atoms with van der Waals surface area (Å²) in [6.45, 7) is 6.33. The van der Waals surface area contributed by atoms with Gasteiger partial charge in [0.15, 0.2) is 5.69 Å². The molecule has 1 atom stereocenters. The quantitative estimate of drug-likeness (QED) is 0.651. The number of hydrogen-bond donors (Lipinski definition) is 1. The topological polar surface area (TPSA) is 67.2 Å². The van der Waals surface area contributed by atoms with E-state index in [9.17, 15) is 9.59 Å². The zero-order valence-electron chi connectivity index (χ0n) is 18.3. The van der Waals surface area contributed by atoms with E-state index < -0.39 is 0 Å². The fourth-order valence-electron chi connectivity index (χ4n) is 3.57. The molecule has 1 unspecified atom stereocenters. The summed E-state index contributed by atoms with van der Waals surface area (Å²) < 4.78 is 1.38. The maximum absolute atomic E-state index is 13.1. The normalized spacial score (nSPS) is 12.5. The average molecular weight is 407 g/mol. The van der Waals surface area contributed by atoms with E-state index in [1.54, 1.807) is 18.2 Å². The van der Waals surface area contributed by atoms with Gasteiger partial charge in [-0.1, -0.05) is 49.4 Å². The Balaban J connectivity index is 1.90. The molecule has 6 nitrogen and oxygen atoms in total. The van der Waals surface area contributed by atoms with Gasteiger partial charge in [-0.2, -0.15) is 5.10 Å². The molecule has 6 heteroatoms. The number of nitrogens with one attached hydrogen (secondary N) is 1. The first-order valence-electron chi connectivity index (χ1n) is 10.4. The number of amides is 1. The Kier molecular flexibility index (Phi) is 6.67. The predicted octanol–water partition coefficient (Wildman–Crippen LogP) is 3.57. The van der Waals surface area contributed by atoms with E-state index in [-0.39, 0.29) is 29.2 Å². The Morgan fingerprint density at radius 3 is 2.27 bits per heavy atom. The number of benzene rings is 2. The number of aryl methyl sites for hydroxylation is 1. The highest BCUT2D eigenvalue weighted by Gasteiger charge is 2.20. The maximum Gasteiger partial charge on any atom is 0.274 e. The van der Waals surface area contributed by atoms with Crippen molar-refractivity contribution < 1.29 is 4.79 Å². The summed E-state index contributed by atoms with van der Waals surface area (Å²) in [6, 6.07) is 15.5. The monoisotopic (exact) mass is 406 g/mol.